The molecular weight excluding hydrogens is 180 g/mol. The molecule has 1 fully saturated rings. The Morgan fingerprint density at radius 3 is 2.79 bits per heavy atom. The van der Waals surface area contributed by atoms with Crippen LogP contribution in [0.2, 0.25) is 0 Å². The van der Waals surface area contributed by atoms with Gasteiger partial charge < -0.3 is 16.2 Å². The summed E-state index contributed by atoms with van der Waals surface area (Å²) in [6, 6.07) is 5.11. The molecule has 74 valence electrons. The van der Waals surface area contributed by atoms with Gasteiger partial charge in [0.25, 0.3) is 0 Å². The van der Waals surface area contributed by atoms with E-state index in [1.807, 2.05) is 0 Å². The molecule has 1 heterocycles. The normalized spacial score (nSPS) is 20.1. The van der Waals surface area contributed by atoms with Crippen LogP contribution in [0.25, 0.3) is 0 Å². The lowest BCUT2D eigenvalue weighted by Gasteiger charge is -2.30. The van der Waals surface area contributed by atoms with Crippen molar-refractivity contribution < 1.29 is 9.90 Å². The molecule has 4 N–H and O–H groups in total. The minimum atomic E-state index is -0.916. The van der Waals surface area contributed by atoms with E-state index in [2.05, 4.69) is 5.32 Å². The minimum Gasteiger partial charge on any atom is -0.478 e. The summed E-state index contributed by atoms with van der Waals surface area (Å²) in [5, 5.41) is 12.1. The van der Waals surface area contributed by atoms with Crippen molar-refractivity contribution in [2.75, 3.05) is 12.3 Å². The second-order valence-electron chi connectivity index (χ2n) is 3.41. The molecule has 1 saturated heterocycles. The molecule has 14 heavy (non-hydrogen) atoms. The van der Waals surface area contributed by atoms with Crippen molar-refractivity contribution in [2.45, 2.75) is 12.5 Å². The highest BCUT2D eigenvalue weighted by atomic mass is 16.4. The van der Waals surface area contributed by atoms with Gasteiger partial charge in [-0.1, -0.05) is 6.07 Å². The van der Waals surface area contributed by atoms with Crippen LogP contribution in [0.5, 0.6) is 0 Å². The summed E-state index contributed by atoms with van der Waals surface area (Å²) >= 11 is 0. The summed E-state index contributed by atoms with van der Waals surface area (Å²) in [4.78, 5) is 10.9. The molecule has 0 bridgehead atoms. The molecule has 0 radical (unpaired) electrons. The van der Waals surface area contributed by atoms with E-state index in [0.29, 0.717) is 11.3 Å². The number of carboxylic acids is 1. The van der Waals surface area contributed by atoms with Gasteiger partial charge in [-0.3, -0.25) is 0 Å². The number of nitrogens with two attached hydrogens (primary N) is 1. The number of hydrogen-bond acceptors (Lipinski definition) is 3. The molecule has 1 aliphatic heterocycles. The fourth-order valence-electron chi connectivity index (χ4n) is 1.69. The monoisotopic (exact) mass is 192 g/mol. The first-order valence-electron chi connectivity index (χ1n) is 4.55. The lowest BCUT2D eigenvalue weighted by atomic mass is 9.92. The first-order valence-corrected chi connectivity index (χ1v) is 4.55. The van der Waals surface area contributed by atoms with E-state index >= 15 is 0 Å². The van der Waals surface area contributed by atoms with Gasteiger partial charge in [-0.25, -0.2) is 4.79 Å². The fourth-order valence-corrected chi connectivity index (χ4v) is 1.69. The van der Waals surface area contributed by atoms with Gasteiger partial charge in [0.1, 0.15) is 0 Å². The predicted octanol–water partition coefficient (Wildman–Crippen LogP) is 1.00. The maximum atomic E-state index is 10.9. The van der Waals surface area contributed by atoms with Gasteiger partial charge in [-0.05, 0) is 25.1 Å². The number of nitrogen functional groups attached to an aromatic ring is 1. The van der Waals surface area contributed by atoms with Crippen LogP contribution in [0.3, 0.4) is 0 Å². The Morgan fingerprint density at radius 1 is 1.57 bits per heavy atom. The molecule has 0 unspecified atom stereocenters. The Kier molecular flexibility index (Phi) is 2.13. The largest absolute Gasteiger partial charge is 0.478 e. The fraction of sp³-hybridized carbons (Fsp3) is 0.300. The van der Waals surface area contributed by atoms with Crippen LogP contribution in [0.4, 0.5) is 5.69 Å². The molecule has 0 aromatic heterocycles. The van der Waals surface area contributed by atoms with Crippen molar-refractivity contribution in [3.63, 3.8) is 0 Å². The van der Waals surface area contributed by atoms with Crippen LogP contribution in [0.1, 0.15) is 28.4 Å². The third-order valence-corrected chi connectivity index (χ3v) is 2.54. The van der Waals surface area contributed by atoms with E-state index in [0.717, 1.165) is 18.5 Å². The van der Waals surface area contributed by atoms with Gasteiger partial charge in [0.05, 0.1) is 5.56 Å². The van der Waals surface area contributed by atoms with Gasteiger partial charge in [0, 0.05) is 17.3 Å². The molecular formula is C10H12N2O2. The standard InChI is InChI=1S/C10H12N2O2/c11-7-3-1-2-6(10(13)14)9(7)8-4-5-12-8/h1-3,8,12H,4-5,11H2,(H,13,14)/t8-/m0/s1. The molecule has 4 heteroatoms. The minimum absolute atomic E-state index is 0.113. The summed E-state index contributed by atoms with van der Waals surface area (Å²) in [7, 11) is 0. The van der Waals surface area contributed by atoms with Crippen molar-refractivity contribution in [3.8, 4) is 0 Å². The maximum Gasteiger partial charge on any atom is 0.336 e. The van der Waals surface area contributed by atoms with Crippen LogP contribution < -0.4 is 11.1 Å². The number of aromatic carboxylic acids is 1. The number of benzene rings is 1. The van der Waals surface area contributed by atoms with Gasteiger partial charge in [0.2, 0.25) is 0 Å². The van der Waals surface area contributed by atoms with Gasteiger partial charge in [-0.2, -0.15) is 0 Å². The van der Waals surface area contributed by atoms with Crippen LogP contribution in [0, 0.1) is 0 Å². The third-order valence-electron chi connectivity index (χ3n) is 2.54. The summed E-state index contributed by atoms with van der Waals surface area (Å²) in [6.07, 6.45) is 0.953. The second kappa shape index (κ2) is 3.31. The maximum absolute atomic E-state index is 10.9. The molecule has 1 aromatic rings. The molecule has 2 rings (SSSR count). The highest BCUT2D eigenvalue weighted by Crippen LogP contribution is 2.30. The van der Waals surface area contributed by atoms with E-state index in [4.69, 9.17) is 10.8 Å². The summed E-state index contributed by atoms with van der Waals surface area (Å²) in [5.41, 5.74) is 7.36. The van der Waals surface area contributed by atoms with Crippen LogP contribution in [-0.2, 0) is 0 Å². The number of carboxylic acid groups (broad SMARTS) is 1. The molecule has 1 aliphatic rings. The van der Waals surface area contributed by atoms with E-state index < -0.39 is 5.97 Å². The number of carbonyl (C=O) groups is 1. The predicted molar refractivity (Wildman–Crippen MR) is 53.2 cm³/mol. The Hall–Kier alpha value is -1.55. The van der Waals surface area contributed by atoms with Crippen molar-refractivity contribution >= 4 is 11.7 Å². The summed E-state index contributed by atoms with van der Waals surface area (Å²) in [5.74, 6) is -0.916. The lowest BCUT2D eigenvalue weighted by molar-refractivity contribution is 0.0694. The number of hydrogen-bond donors (Lipinski definition) is 3. The van der Waals surface area contributed by atoms with Crippen LogP contribution >= 0.6 is 0 Å². The highest BCUT2D eigenvalue weighted by Gasteiger charge is 2.25. The first-order chi connectivity index (χ1) is 6.70. The number of nitrogens with one attached hydrogen (secondary N) is 1. The van der Waals surface area contributed by atoms with Gasteiger partial charge in [0.15, 0.2) is 0 Å². The average molecular weight is 192 g/mol. The number of anilines is 1. The number of rotatable bonds is 2. The van der Waals surface area contributed by atoms with Crippen molar-refractivity contribution in [1.29, 1.82) is 0 Å². The lowest BCUT2D eigenvalue weighted by Crippen LogP contribution is -2.36. The Morgan fingerprint density at radius 2 is 2.29 bits per heavy atom. The highest BCUT2D eigenvalue weighted by molar-refractivity contribution is 5.91. The molecule has 0 spiro atoms. The Bertz CT molecular complexity index is 372. The van der Waals surface area contributed by atoms with Gasteiger partial charge >= 0.3 is 5.97 Å². The molecule has 0 amide bonds. The molecule has 0 aliphatic carbocycles. The quantitative estimate of drug-likeness (QED) is 0.611. The SMILES string of the molecule is Nc1cccc(C(=O)O)c1[C@@H]1CCN1. The summed E-state index contributed by atoms with van der Waals surface area (Å²) < 4.78 is 0. The zero-order valence-electron chi connectivity index (χ0n) is 7.66. The third kappa shape index (κ3) is 1.33. The Labute approximate surface area is 81.7 Å². The second-order valence-corrected chi connectivity index (χ2v) is 3.41. The molecule has 1 aromatic carbocycles. The van der Waals surface area contributed by atoms with E-state index in [9.17, 15) is 4.79 Å². The smallest absolute Gasteiger partial charge is 0.336 e. The van der Waals surface area contributed by atoms with Crippen molar-refractivity contribution in [1.82, 2.24) is 5.32 Å². The summed E-state index contributed by atoms with van der Waals surface area (Å²) in [6.45, 7) is 0.929. The zero-order chi connectivity index (χ0) is 10.1. The average Bonchev–Trinajstić information content (AvgIpc) is 2.04. The topological polar surface area (TPSA) is 75.4 Å². The first kappa shape index (κ1) is 9.02. The molecule has 0 saturated carbocycles. The van der Waals surface area contributed by atoms with E-state index in [-0.39, 0.29) is 6.04 Å². The van der Waals surface area contributed by atoms with E-state index in [1.54, 1.807) is 18.2 Å². The van der Waals surface area contributed by atoms with Crippen LogP contribution in [-0.4, -0.2) is 17.6 Å². The Balaban J connectivity index is 2.47. The molecule has 4 nitrogen and oxygen atoms in total. The van der Waals surface area contributed by atoms with Crippen molar-refractivity contribution in [2.24, 2.45) is 0 Å². The molecule has 1 atom stereocenters. The zero-order valence-corrected chi connectivity index (χ0v) is 7.66. The van der Waals surface area contributed by atoms with E-state index in [1.165, 1.54) is 0 Å². The van der Waals surface area contributed by atoms with Gasteiger partial charge in [-0.15, -0.1) is 0 Å². The van der Waals surface area contributed by atoms with Crippen molar-refractivity contribution in [3.05, 3.63) is 29.3 Å². The van der Waals surface area contributed by atoms with Crippen LogP contribution in [0.15, 0.2) is 18.2 Å².